The van der Waals surface area contributed by atoms with Crippen molar-refractivity contribution in [3.8, 4) is 5.75 Å². The van der Waals surface area contributed by atoms with E-state index in [1.54, 1.807) is 19.9 Å². The van der Waals surface area contributed by atoms with E-state index in [0.717, 1.165) is 50.6 Å². The fourth-order valence-corrected chi connectivity index (χ4v) is 11.1. The molecule has 35 heteroatoms. The number of ether oxygens (including phenoxy) is 3. The normalized spacial score (nSPS) is 23.0. The van der Waals surface area contributed by atoms with Crippen molar-refractivity contribution >= 4 is 88.4 Å². The van der Waals surface area contributed by atoms with E-state index in [2.05, 4.69) is 37.2 Å². The second-order valence-corrected chi connectivity index (χ2v) is 26.4. The molecule has 2 rings (SSSR count). The first-order valence-electron chi connectivity index (χ1n) is 33.6. The number of phenolic OH excluding ortho intramolecular Hbond substituents is 1. The number of amides is 12. The molecule has 102 heavy (non-hydrogen) atoms. The van der Waals surface area contributed by atoms with Gasteiger partial charge in [0.1, 0.15) is 60.3 Å². The van der Waals surface area contributed by atoms with Gasteiger partial charge in [-0.2, -0.15) is 0 Å². The highest BCUT2D eigenvalue weighted by atomic mass is 16.5. The number of cyclic esters (lactones) is 1. The minimum absolute atomic E-state index is 0.0361. The van der Waals surface area contributed by atoms with Gasteiger partial charge in [0.25, 0.3) is 0 Å². The molecule has 1 aromatic carbocycles. The maximum Gasteiger partial charge on any atom is 0.328 e. The highest BCUT2D eigenvalue weighted by molar-refractivity contribution is 6.01. The van der Waals surface area contributed by atoms with Crippen molar-refractivity contribution in [1.29, 1.82) is 0 Å². The SMILES string of the molecule is CCCC(C)/C=C\C(O)CC(=O)NC(C(=O)NC(C(=O)CC(C(=O)NC(C(=O)CC1C(=O)NC(COC)C(=O)NCC(=O)NC(CC(C)C)C(=O)N(C)C(CCC(N)=O)C(=O)NC(C(OC)c2ccc(O)cc2)C(=O)N(C)C(C)C(=O)OC1C)C(C)C(C)C(N)=O)C(C)N)C(C)O)C(O)C(N)=O. The quantitative estimate of drug-likeness (QED) is 0.0230. The number of esters is 1. The molecule has 0 aliphatic carbocycles. The Hall–Kier alpha value is -9.03. The number of aliphatic hydroxyl groups excluding tert-OH is 3. The average molecular weight is 1450 g/mol. The zero-order valence-electron chi connectivity index (χ0n) is 60.4. The summed E-state index contributed by atoms with van der Waals surface area (Å²) in [6, 6.07) is -10.3. The van der Waals surface area contributed by atoms with Crippen LogP contribution in [0.1, 0.15) is 132 Å². The van der Waals surface area contributed by atoms with E-state index < -0.39 is 242 Å². The molecule has 35 nitrogen and oxygen atoms in total. The Morgan fingerprint density at radius 3 is 1.86 bits per heavy atom. The number of ketones is 2. The van der Waals surface area contributed by atoms with Gasteiger partial charge in [0.05, 0.1) is 49.7 Å². The topological polar surface area (TPSA) is 559 Å². The molecule has 0 aromatic heterocycles. The third-order valence-corrected chi connectivity index (χ3v) is 17.7. The molecule has 1 aliphatic heterocycles. The van der Waals surface area contributed by atoms with E-state index in [1.807, 2.05) is 13.8 Å². The smallest absolute Gasteiger partial charge is 0.328 e. The number of nitrogens with zero attached hydrogens (tertiary/aromatic N) is 2. The zero-order chi connectivity index (χ0) is 77.9. The van der Waals surface area contributed by atoms with Crippen LogP contribution in [0.2, 0.25) is 0 Å². The Bertz CT molecular complexity index is 3130. The lowest BCUT2D eigenvalue weighted by atomic mass is 9.82. The Kier molecular flexibility index (Phi) is 37.0. The van der Waals surface area contributed by atoms with Crippen molar-refractivity contribution in [2.45, 2.75) is 206 Å². The maximum absolute atomic E-state index is 15.2. The van der Waals surface area contributed by atoms with Crippen LogP contribution in [0.25, 0.3) is 0 Å². The summed E-state index contributed by atoms with van der Waals surface area (Å²) in [5, 5.41) is 59.0. The maximum atomic E-state index is 15.2. The van der Waals surface area contributed by atoms with Gasteiger partial charge in [-0.25, -0.2) is 4.79 Å². The molecule has 19 atom stereocenters. The number of Topliss-reactive ketones (excluding diaryl/α,β-unsaturated/α-hetero) is 2. The number of nitrogens with one attached hydrogen (secondary N) is 7. The molecule has 19 unspecified atom stereocenters. The minimum atomic E-state index is -2.43. The van der Waals surface area contributed by atoms with Crippen LogP contribution in [-0.4, -0.2) is 239 Å². The summed E-state index contributed by atoms with van der Waals surface area (Å²) in [6.45, 7) is 13.1. The number of nitrogens with two attached hydrogens (primary N) is 4. The molecule has 0 bridgehead atoms. The summed E-state index contributed by atoms with van der Waals surface area (Å²) in [4.78, 5) is 212. The van der Waals surface area contributed by atoms with Crippen LogP contribution >= 0.6 is 0 Å². The van der Waals surface area contributed by atoms with Crippen molar-refractivity contribution < 1.29 is 107 Å². The summed E-state index contributed by atoms with van der Waals surface area (Å²) in [5.41, 5.74) is 23.1. The number of allylic oxidation sites excluding steroid dienone is 1. The number of rotatable bonds is 34. The van der Waals surface area contributed by atoms with Crippen LogP contribution in [0.3, 0.4) is 0 Å². The van der Waals surface area contributed by atoms with Crippen LogP contribution in [0, 0.1) is 35.5 Å². The number of aliphatic hydroxyl groups is 3. The van der Waals surface area contributed by atoms with Crippen molar-refractivity contribution in [1.82, 2.24) is 47.0 Å². The second kappa shape index (κ2) is 42.4. The van der Waals surface area contributed by atoms with E-state index in [1.165, 1.54) is 72.2 Å². The molecule has 1 aromatic rings. The lowest BCUT2D eigenvalue weighted by Gasteiger charge is -2.36. The number of benzene rings is 1. The van der Waals surface area contributed by atoms with Crippen LogP contribution in [0.15, 0.2) is 36.4 Å². The van der Waals surface area contributed by atoms with Crippen LogP contribution in [0.4, 0.5) is 0 Å². The number of carbonyl (C=O) groups is 15. The first-order valence-corrected chi connectivity index (χ1v) is 33.6. The molecule has 12 amide bonds. The van der Waals surface area contributed by atoms with E-state index in [9.17, 15) is 82.8 Å². The van der Waals surface area contributed by atoms with Crippen LogP contribution in [-0.2, 0) is 86.1 Å². The van der Waals surface area contributed by atoms with Crippen LogP contribution < -0.4 is 60.2 Å². The molecular formula is C67H107N13O22. The number of methoxy groups -OCH3 is 2. The first-order chi connectivity index (χ1) is 47.5. The molecule has 0 spiro atoms. The summed E-state index contributed by atoms with van der Waals surface area (Å²) in [7, 11) is 4.68. The Labute approximate surface area is 593 Å². The van der Waals surface area contributed by atoms with Gasteiger partial charge in [-0.1, -0.05) is 72.2 Å². The zero-order valence-corrected chi connectivity index (χ0v) is 60.4. The van der Waals surface area contributed by atoms with Crippen molar-refractivity contribution in [2.24, 2.45) is 58.4 Å². The fourth-order valence-electron chi connectivity index (χ4n) is 11.1. The predicted octanol–water partition coefficient (Wildman–Crippen LogP) is -4.09. The molecular weight excluding hydrogens is 1340 g/mol. The van der Waals surface area contributed by atoms with Gasteiger partial charge in [-0.3, -0.25) is 67.1 Å². The first kappa shape index (κ1) is 89.1. The van der Waals surface area contributed by atoms with E-state index in [0.29, 0.717) is 0 Å². The lowest BCUT2D eigenvalue weighted by molar-refractivity contribution is -0.163. The number of primary amides is 3. The van der Waals surface area contributed by atoms with Gasteiger partial charge in [0.2, 0.25) is 70.9 Å². The summed E-state index contributed by atoms with van der Waals surface area (Å²) in [6.07, 6.45) is -7.76. The Morgan fingerprint density at radius 2 is 1.33 bits per heavy atom. The van der Waals surface area contributed by atoms with Gasteiger partial charge in [0.15, 0.2) is 17.7 Å². The number of hydrogen-bond acceptors (Lipinski definition) is 23. The monoisotopic (exact) mass is 1450 g/mol. The number of likely N-dealkylation sites (N-methyl/N-ethyl adjacent to an activating group) is 2. The molecule has 19 N–H and O–H groups in total. The summed E-state index contributed by atoms with van der Waals surface area (Å²) >= 11 is 0. The largest absolute Gasteiger partial charge is 0.508 e. The van der Waals surface area contributed by atoms with E-state index in [-0.39, 0.29) is 29.6 Å². The highest BCUT2D eigenvalue weighted by Gasteiger charge is 2.45. The fraction of sp³-hybridized carbons (Fsp3) is 0.657. The van der Waals surface area contributed by atoms with Gasteiger partial charge in [-0.15, -0.1) is 0 Å². The molecule has 0 radical (unpaired) electrons. The number of aromatic hydroxyl groups is 1. The van der Waals surface area contributed by atoms with Gasteiger partial charge in [-0.05, 0) is 82.4 Å². The van der Waals surface area contributed by atoms with E-state index >= 15 is 9.59 Å². The lowest BCUT2D eigenvalue weighted by Crippen LogP contribution is -2.61. The standard InChI is InChI=1S/C67H107N13O22/c1-15-16-32(4)17-20-41(83)26-50(87)75-54(56(89)59(71)91)64(96)77-53(37(9)81)48(85)27-42(35(7)68)60(92)76-52(33(5)34(6)58(70)90)47(84)28-43-38(10)102-67(99)36(8)79(11)66(98)55(57(101-14)39-18-21-40(82)22-19-39)78-63(95)46(23-24-49(69)86)80(12)65(97)44(25-31(2)3)73-51(88)29-72-62(94)45(30-100-13)74-61(43)93/h17-22,31-38,41-46,52-57,81-83,89H,15-16,23-30,68H2,1-14H3,(H2,69,86)(H2,70,90)(H2,71,91)(H,72,94)(H,73,88)(H,74,93)(H,75,87)(H,76,92)(H,77,96)(H,78,95)/b20-17-. The predicted molar refractivity (Wildman–Crippen MR) is 365 cm³/mol. The second-order valence-electron chi connectivity index (χ2n) is 26.4. The molecule has 1 fully saturated rings. The number of hydrogen-bond donors (Lipinski definition) is 15. The molecule has 1 aliphatic rings. The van der Waals surface area contributed by atoms with Gasteiger partial charge >= 0.3 is 5.97 Å². The van der Waals surface area contributed by atoms with Gasteiger partial charge < -0.3 is 105 Å². The molecule has 1 saturated heterocycles. The number of carbonyl (C=O) groups excluding carboxylic acids is 15. The molecule has 1 heterocycles. The van der Waals surface area contributed by atoms with Crippen molar-refractivity contribution in [2.75, 3.05) is 41.5 Å². The summed E-state index contributed by atoms with van der Waals surface area (Å²) in [5.74, 6) is -23.3. The van der Waals surface area contributed by atoms with E-state index in [4.69, 9.17) is 37.1 Å². The minimum Gasteiger partial charge on any atom is -0.508 e. The third kappa shape index (κ3) is 27.4. The Balaban J connectivity index is 2.86. The van der Waals surface area contributed by atoms with Crippen molar-refractivity contribution in [3.63, 3.8) is 0 Å². The van der Waals surface area contributed by atoms with Gasteiger partial charge in [0, 0.05) is 59.5 Å². The molecule has 0 saturated carbocycles. The highest BCUT2D eigenvalue weighted by Crippen LogP contribution is 2.28. The van der Waals surface area contributed by atoms with Crippen LogP contribution in [0.5, 0.6) is 5.75 Å². The van der Waals surface area contributed by atoms with Crippen molar-refractivity contribution in [3.05, 3.63) is 42.0 Å². The average Bonchev–Trinajstić information content (AvgIpc) is 0.813. The number of phenols is 1. The third-order valence-electron chi connectivity index (χ3n) is 17.7. The molecule has 572 valence electrons. The summed E-state index contributed by atoms with van der Waals surface area (Å²) < 4.78 is 16.9. The Morgan fingerprint density at radius 1 is 0.725 bits per heavy atom.